The Hall–Kier alpha value is -0.860. The smallest absolute Gasteiger partial charge is 0.0219 e. The molecule has 1 aromatic rings. The van der Waals surface area contributed by atoms with Crippen molar-refractivity contribution in [1.29, 1.82) is 0 Å². The Morgan fingerprint density at radius 1 is 1.22 bits per heavy atom. The van der Waals surface area contributed by atoms with Gasteiger partial charge in [0.2, 0.25) is 0 Å². The van der Waals surface area contributed by atoms with Crippen molar-refractivity contribution < 1.29 is 0 Å². The molecule has 1 saturated carbocycles. The molecular formula is C16H26N2. The summed E-state index contributed by atoms with van der Waals surface area (Å²) in [4.78, 5) is 0. The normalized spacial score (nSPS) is 23.8. The van der Waals surface area contributed by atoms with Crippen molar-refractivity contribution >= 4 is 0 Å². The third kappa shape index (κ3) is 3.56. The van der Waals surface area contributed by atoms with Gasteiger partial charge in [0.15, 0.2) is 0 Å². The Morgan fingerprint density at radius 3 is 2.50 bits per heavy atom. The van der Waals surface area contributed by atoms with E-state index in [-0.39, 0.29) is 0 Å². The zero-order valence-corrected chi connectivity index (χ0v) is 11.7. The molecule has 2 atom stereocenters. The number of hydrogen-bond donors (Lipinski definition) is 2. The zero-order valence-electron chi connectivity index (χ0n) is 11.7. The molecule has 0 spiro atoms. The third-order valence-electron chi connectivity index (χ3n) is 4.04. The first-order valence-electron chi connectivity index (χ1n) is 7.24. The molecule has 100 valence electrons. The fraction of sp³-hybridized carbons (Fsp3) is 0.625. The molecule has 2 heteroatoms. The van der Waals surface area contributed by atoms with Crippen LogP contribution in [0.4, 0.5) is 0 Å². The van der Waals surface area contributed by atoms with Crippen LogP contribution in [-0.4, -0.2) is 18.6 Å². The lowest BCUT2D eigenvalue weighted by Crippen LogP contribution is -2.41. The molecule has 2 nitrogen and oxygen atoms in total. The molecule has 3 N–H and O–H groups in total. The quantitative estimate of drug-likeness (QED) is 0.838. The monoisotopic (exact) mass is 246 g/mol. The maximum atomic E-state index is 6.05. The summed E-state index contributed by atoms with van der Waals surface area (Å²) in [6.07, 6.45) is 4.80. The van der Waals surface area contributed by atoms with E-state index >= 15 is 0 Å². The first kappa shape index (κ1) is 13.6. The van der Waals surface area contributed by atoms with Gasteiger partial charge in [-0.1, -0.05) is 44.5 Å². The number of nitrogens with two attached hydrogens (primary N) is 1. The van der Waals surface area contributed by atoms with Gasteiger partial charge in [-0.15, -0.1) is 0 Å². The maximum absolute atomic E-state index is 6.05. The summed E-state index contributed by atoms with van der Waals surface area (Å²) in [6.45, 7) is 5.51. The lowest BCUT2D eigenvalue weighted by Gasteiger charge is -2.17. The van der Waals surface area contributed by atoms with Gasteiger partial charge in [0.25, 0.3) is 0 Å². The van der Waals surface area contributed by atoms with E-state index in [0.717, 1.165) is 13.0 Å². The number of benzene rings is 1. The Bertz CT molecular complexity index is 356. The Balaban J connectivity index is 1.76. The molecule has 0 saturated heterocycles. The SMILES string of the molecule is CC(C)c1ccc(CCNC2CCCC2N)cc1. The van der Waals surface area contributed by atoms with Gasteiger partial charge < -0.3 is 11.1 Å². The highest BCUT2D eigenvalue weighted by atomic mass is 15.0. The highest BCUT2D eigenvalue weighted by Gasteiger charge is 2.22. The van der Waals surface area contributed by atoms with Crippen LogP contribution >= 0.6 is 0 Å². The van der Waals surface area contributed by atoms with Gasteiger partial charge in [0.05, 0.1) is 0 Å². The van der Waals surface area contributed by atoms with E-state index in [1.54, 1.807) is 0 Å². The highest BCUT2D eigenvalue weighted by Crippen LogP contribution is 2.17. The van der Waals surface area contributed by atoms with Crippen molar-refractivity contribution in [2.24, 2.45) is 5.73 Å². The first-order chi connectivity index (χ1) is 8.66. The second-order valence-corrected chi connectivity index (χ2v) is 5.80. The molecule has 2 unspecified atom stereocenters. The molecule has 0 aliphatic heterocycles. The maximum Gasteiger partial charge on any atom is 0.0219 e. The van der Waals surface area contributed by atoms with E-state index in [1.807, 2.05) is 0 Å². The van der Waals surface area contributed by atoms with E-state index in [0.29, 0.717) is 18.0 Å². The summed E-state index contributed by atoms with van der Waals surface area (Å²) >= 11 is 0. The molecule has 0 aromatic heterocycles. The van der Waals surface area contributed by atoms with Gasteiger partial charge in [-0.3, -0.25) is 0 Å². The fourth-order valence-corrected chi connectivity index (χ4v) is 2.71. The van der Waals surface area contributed by atoms with Crippen molar-refractivity contribution in [2.45, 2.75) is 57.5 Å². The second kappa shape index (κ2) is 6.35. The highest BCUT2D eigenvalue weighted by molar-refractivity contribution is 5.24. The Kier molecular flexibility index (Phi) is 4.79. The lowest BCUT2D eigenvalue weighted by molar-refractivity contribution is 0.479. The summed E-state index contributed by atoms with van der Waals surface area (Å²) in [5, 5.41) is 3.59. The van der Waals surface area contributed by atoms with Crippen LogP contribution in [0.15, 0.2) is 24.3 Å². The van der Waals surface area contributed by atoms with Crippen LogP contribution in [0.2, 0.25) is 0 Å². The number of hydrogen-bond acceptors (Lipinski definition) is 2. The molecule has 1 fully saturated rings. The Morgan fingerprint density at radius 2 is 1.94 bits per heavy atom. The molecule has 1 aliphatic rings. The topological polar surface area (TPSA) is 38.0 Å². The van der Waals surface area contributed by atoms with E-state index in [1.165, 1.54) is 30.4 Å². The molecule has 0 amide bonds. The van der Waals surface area contributed by atoms with Gasteiger partial charge in [-0.05, 0) is 42.9 Å². The van der Waals surface area contributed by atoms with E-state index in [9.17, 15) is 0 Å². The van der Waals surface area contributed by atoms with Gasteiger partial charge in [-0.25, -0.2) is 0 Å². The average Bonchev–Trinajstić information content (AvgIpc) is 2.76. The van der Waals surface area contributed by atoms with Gasteiger partial charge in [0, 0.05) is 12.1 Å². The van der Waals surface area contributed by atoms with Crippen LogP contribution < -0.4 is 11.1 Å². The van der Waals surface area contributed by atoms with Gasteiger partial charge in [0.1, 0.15) is 0 Å². The molecular weight excluding hydrogens is 220 g/mol. The van der Waals surface area contributed by atoms with Crippen LogP contribution in [0.5, 0.6) is 0 Å². The van der Waals surface area contributed by atoms with E-state index in [2.05, 4.69) is 43.4 Å². The van der Waals surface area contributed by atoms with Gasteiger partial charge >= 0.3 is 0 Å². The third-order valence-corrected chi connectivity index (χ3v) is 4.04. The standard InChI is InChI=1S/C16H26N2/c1-12(2)14-8-6-13(7-9-14)10-11-18-16-5-3-4-15(16)17/h6-9,12,15-16,18H,3-5,10-11,17H2,1-2H3. The van der Waals surface area contributed by atoms with Crippen molar-refractivity contribution in [1.82, 2.24) is 5.32 Å². The largest absolute Gasteiger partial charge is 0.326 e. The van der Waals surface area contributed by atoms with E-state index in [4.69, 9.17) is 5.73 Å². The predicted octanol–water partition coefficient (Wildman–Crippen LogP) is 2.82. The lowest BCUT2D eigenvalue weighted by atomic mass is 10.0. The summed E-state index contributed by atoms with van der Waals surface area (Å²) in [5.41, 5.74) is 8.89. The molecule has 0 radical (unpaired) electrons. The summed E-state index contributed by atoms with van der Waals surface area (Å²) in [5.74, 6) is 0.619. The van der Waals surface area contributed by atoms with Crippen LogP contribution in [0.25, 0.3) is 0 Å². The zero-order chi connectivity index (χ0) is 13.0. The van der Waals surface area contributed by atoms with Crippen LogP contribution in [0.3, 0.4) is 0 Å². The van der Waals surface area contributed by atoms with Crippen LogP contribution in [0.1, 0.15) is 50.2 Å². The number of nitrogens with one attached hydrogen (secondary N) is 1. The minimum absolute atomic E-state index is 0.369. The summed E-state index contributed by atoms with van der Waals surface area (Å²) in [6, 6.07) is 9.92. The van der Waals surface area contributed by atoms with Crippen molar-refractivity contribution in [3.63, 3.8) is 0 Å². The molecule has 1 aromatic carbocycles. The average molecular weight is 246 g/mol. The first-order valence-corrected chi connectivity index (χ1v) is 7.24. The van der Waals surface area contributed by atoms with E-state index < -0.39 is 0 Å². The minimum Gasteiger partial charge on any atom is -0.326 e. The molecule has 2 rings (SSSR count). The molecule has 18 heavy (non-hydrogen) atoms. The number of rotatable bonds is 5. The van der Waals surface area contributed by atoms with Crippen molar-refractivity contribution in [2.75, 3.05) is 6.54 Å². The predicted molar refractivity (Wildman–Crippen MR) is 77.9 cm³/mol. The molecule has 0 heterocycles. The van der Waals surface area contributed by atoms with Crippen LogP contribution in [-0.2, 0) is 6.42 Å². The molecule has 1 aliphatic carbocycles. The Labute approximate surface area is 111 Å². The van der Waals surface area contributed by atoms with Gasteiger partial charge in [-0.2, -0.15) is 0 Å². The molecule has 0 bridgehead atoms. The summed E-state index contributed by atoms with van der Waals surface area (Å²) in [7, 11) is 0. The van der Waals surface area contributed by atoms with Crippen molar-refractivity contribution in [3.05, 3.63) is 35.4 Å². The van der Waals surface area contributed by atoms with Crippen molar-refractivity contribution in [3.8, 4) is 0 Å². The second-order valence-electron chi connectivity index (χ2n) is 5.80. The minimum atomic E-state index is 0.369. The van der Waals surface area contributed by atoms with Crippen LogP contribution in [0, 0.1) is 0 Å². The fourth-order valence-electron chi connectivity index (χ4n) is 2.71. The summed E-state index contributed by atoms with van der Waals surface area (Å²) < 4.78 is 0.